The summed E-state index contributed by atoms with van der Waals surface area (Å²) in [7, 11) is -2.55. The van der Waals surface area contributed by atoms with E-state index in [1.54, 1.807) is 19.1 Å². The van der Waals surface area contributed by atoms with E-state index in [1.807, 2.05) is 0 Å². The first kappa shape index (κ1) is 19.3. The van der Waals surface area contributed by atoms with Crippen LogP contribution < -0.4 is 4.74 Å². The largest absolute Gasteiger partial charge is 0.497 e. The van der Waals surface area contributed by atoms with Gasteiger partial charge in [-0.15, -0.1) is 0 Å². The van der Waals surface area contributed by atoms with E-state index in [9.17, 15) is 17.2 Å². The minimum Gasteiger partial charge on any atom is -0.497 e. The summed E-state index contributed by atoms with van der Waals surface area (Å²) < 4.78 is 57.1. The zero-order valence-corrected chi connectivity index (χ0v) is 15.1. The SMILES string of the molecule is COc1ccc(N=C(CS(=O)(=O)c2ccc(C)cc2)C(F)(F)Cl)cc1. The van der Waals surface area contributed by atoms with Crippen LogP contribution in [-0.2, 0) is 9.84 Å². The van der Waals surface area contributed by atoms with Gasteiger partial charge in [-0.1, -0.05) is 17.7 Å². The Bertz CT molecular complexity index is 858. The van der Waals surface area contributed by atoms with Crippen LogP contribution in [0.3, 0.4) is 0 Å². The maximum Gasteiger partial charge on any atom is 0.362 e. The second kappa shape index (κ2) is 7.49. The number of hydrogen-bond acceptors (Lipinski definition) is 4. The fourth-order valence-electron chi connectivity index (χ4n) is 2.00. The number of alkyl halides is 3. The monoisotopic (exact) mass is 387 g/mol. The number of rotatable bonds is 6. The van der Waals surface area contributed by atoms with Gasteiger partial charge in [0.05, 0.1) is 17.7 Å². The summed E-state index contributed by atoms with van der Waals surface area (Å²) in [6.07, 6.45) is 0. The van der Waals surface area contributed by atoms with E-state index in [0.717, 1.165) is 5.56 Å². The van der Waals surface area contributed by atoms with Gasteiger partial charge in [0, 0.05) is 0 Å². The lowest BCUT2D eigenvalue weighted by Gasteiger charge is -2.13. The molecule has 0 aliphatic heterocycles. The number of aryl methyl sites for hydroxylation is 1. The van der Waals surface area contributed by atoms with E-state index in [-0.39, 0.29) is 10.6 Å². The molecule has 0 radical (unpaired) electrons. The molecule has 0 N–H and O–H groups in total. The molecule has 0 aliphatic carbocycles. The summed E-state index contributed by atoms with van der Waals surface area (Å²) in [5.74, 6) is -0.469. The Balaban J connectivity index is 2.37. The van der Waals surface area contributed by atoms with Crippen LogP contribution in [0.5, 0.6) is 5.75 Å². The standard InChI is InChI=1S/C17H16ClF2NO3S/c1-12-3-9-15(10-4-12)25(22,23)11-16(17(18,19)20)21-13-5-7-14(24-2)8-6-13/h3-10H,11H2,1-2H3. The zero-order chi connectivity index (χ0) is 18.7. The van der Waals surface area contributed by atoms with Crippen LogP contribution in [0, 0.1) is 6.92 Å². The van der Waals surface area contributed by atoms with Crippen LogP contribution in [-0.4, -0.2) is 32.4 Å². The van der Waals surface area contributed by atoms with E-state index >= 15 is 0 Å². The lowest BCUT2D eigenvalue weighted by atomic mass is 10.2. The van der Waals surface area contributed by atoms with Crippen molar-refractivity contribution in [1.82, 2.24) is 0 Å². The minimum atomic E-state index is -4.01. The summed E-state index contributed by atoms with van der Waals surface area (Å²) in [6, 6.07) is 11.8. The summed E-state index contributed by atoms with van der Waals surface area (Å²) in [5.41, 5.74) is 0.0592. The normalized spacial score (nSPS) is 12.9. The third-order valence-corrected chi connectivity index (χ3v) is 5.23. The van der Waals surface area contributed by atoms with Gasteiger partial charge in [0.1, 0.15) is 17.2 Å². The Morgan fingerprint density at radius 1 is 1.12 bits per heavy atom. The molecule has 2 aromatic carbocycles. The quantitative estimate of drug-likeness (QED) is 0.546. The lowest BCUT2D eigenvalue weighted by molar-refractivity contribution is 0.175. The van der Waals surface area contributed by atoms with Crippen molar-refractivity contribution in [1.29, 1.82) is 0 Å². The zero-order valence-electron chi connectivity index (χ0n) is 13.5. The lowest BCUT2D eigenvalue weighted by Crippen LogP contribution is -2.29. The highest BCUT2D eigenvalue weighted by Gasteiger charge is 2.36. The minimum absolute atomic E-state index is 0.0681. The highest BCUT2D eigenvalue weighted by atomic mass is 35.5. The molecule has 25 heavy (non-hydrogen) atoms. The molecule has 0 atom stereocenters. The van der Waals surface area contributed by atoms with Crippen LogP contribution in [0.25, 0.3) is 0 Å². The van der Waals surface area contributed by atoms with Gasteiger partial charge >= 0.3 is 5.38 Å². The molecule has 0 unspecified atom stereocenters. The molecule has 2 rings (SSSR count). The van der Waals surface area contributed by atoms with Crippen LogP contribution in [0.2, 0.25) is 0 Å². The van der Waals surface area contributed by atoms with Gasteiger partial charge in [-0.05, 0) is 54.9 Å². The maximum absolute atomic E-state index is 13.7. The average molecular weight is 388 g/mol. The number of aliphatic imine (C=N–C) groups is 1. The van der Waals surface area contributed by atoms with Gasteiger partial charge < -0.3 is 4.74 Å². The smallest absolute Gasteiger partial charge is 0.362 e. The van der Waals surface area contributed by atoms with E-state index in [4.69, 9.17) is 16.3 Å². The summed E-state index contributed by atoms with van der Waals surface area (Å²) in [6.45, 7) is 1.79. The number of nitrogens with zero attached hydrogens (tertiary/aromatic N) is 1. The molecule has 4 nitrogen and oxygen atoms in total. The number of ether oxygens (including phenoxy) is 1. The molecule has 0 heterocycles. The van der Waals surface area contributed by atoms with Crippen molar-refractivity contribution in [3.05, 3.63) is 54.1 Å². The maximum atomic E-state index is 13.7. The number of halogens is 3. The number of benzene rings is 2. The highest BCUT2D eigenvalue weighted by molar-refractivity contribution is 7.92. The molecule has 8 heteroatoms. The molecule has 0 spiro atoms. The van der Waals surface area contributed by atoms with Crippen molar-refractivity contribution in [3.63, 3.8) is 0 Å². The number of hydrogen-bond donors (Lipinski definition) is 0. The Morgan fingerprint density at radius 2 is 1.68 bits per heavy atom. The van der Waals surface area contributed by atoms with E-state index in [1.165, 1.54) is 43.5 Å². The van der Waals surface area contributed by atoms with E-state index in [0.29, 0.717) is 5.75 Å². The van der Waals surface area contributed by atoms with Gasteiger partial charge in [-0.25, -0.2) is 13.4 Å². The fourth-order valence-corrected chi connectivity index (χ4v) is 3.51. The average Bonchev–Trinajstić information content (AvgIpc) is 2.54. The Hall–Kier alpha value is -1.99. The van der Waals surface area contributed by atoms with Gasteiger partial charge in [0.15, 0.2) is 9.84 Å². The van der Waals surface area contributed by atoms with Crippen molar-refractivity contribution in [2.45, 2.75) is 17.2 Å². The first-order valence-electron chi connectivity index (χ1n) is 7.20. The predicted octanol–water partition coefficient (Wildman–Crippen LogP) is 4.38. The van der Waals surface area contributed by atoms with Gasteiger partial charge in [0.25, 0.3) is 0 Å². The van der Waals surface area contributed by atoms with Crippen LogP contribution in [0.4, 0.5) is 14.5 Å². The first-order valence-corrected chi connectivity index (χ1v) is 9.23. The summed E-state index contributed by atoms with van der Waals surface area (Å²) in [5, 5.41) is -3.89. The second-order valence-corrected chi connectivity index (χ2v) is 7.79. The molecule has 0 aliphatic rings. The first-order chi connectivity index (χ1) is 11.6. The van der Waals surface area contributed by atoms with Crippen molar-refractivity contribution in [2.24, 2.45) is 4.99 Å². The molecule has 0 aromatic heterocycles. The molecule has 0 bridgehead atoms. The van der Waals surface area contributed by atoms with Gasteiger partial charge in [-0.3, -0.25) is 0 Å². The van der Waals surface area contributed by atoms with Gasteiger partial charge in [0.2, 0.25) is 0 Å². The third-order valence-electron chi connectivity index (χ3n) is 3.37. The van der Waals surface area contributed by atoms with Crippen LogP contribution in [0.1, 0.15) is 5.56 Å². The summed E-state index contributed by atoms with van der Waals surface area (Å²) in [4.78, 5) is 3.67. The molecular formula is C17H16ClF2NO3S. The fraction of sp³-hybridized carbons (Fsp3) is 0.235. The third kappa shape index (κ3) is 5.24. The second-order valence-electron chi connectivity index (χ2n) is 5.33. The van der Waals surface area contributed by atoms with Crippen LogP contribution >= 0.6 is 11.6 Å². The molecule has 0 saturated carbocycles. The molecule has 0 amide bonds. The molecule has 2 aromatic rings. The summed E-state index contributed by atoms with van der Waals surface area (Å²) >= 11 is 5.07. The molecular weight excluding hydrogens is 372 g/mol. The van der Waals surface area contributed by atoms with Crippen molar-refractivity contribution < 1.29 is 21.9 Å². The van der Waals surface area contributed by atoms with Crippen LogP contribution in [0.15, 0.2) is 58.4 Å². The van der Waals surface area contributed by atoms with Crippen molar-refractivity contribution in [3.8, 4) is 5.75 Å². The van der Waals surface area contributed by atoms with E-state index < -0.39 is 26.7 Å². The Morgan fingerprint density at radius 3 is 2.16 bits per heavy atom. The van der Waals surface area contributed by atoms with Gasteiger partial charge in [-0.2, -0.15) is 8.78 Å². The van der Waals surface area contributed by atoms with E-state index in [2.05, 4.69) is 4.99 Å². The number of methoxy groups -OCH3 is 1. The topological polar surface area (TPSA) is 55.7 Å². The Labute approximate surface area is 150 Å². The van der Waals surface area contributed by atoms with Crippen molar-refractivity contribution >= 4 is 32.8 Å². The highest BCUT2D eigenvalue weighted by Crippen LogP contribution is 2.27. The predicted molar refractivity (Wildman–Crippen MR) is 94.1 cm³/mol. The Kier molecular flexibility index (Phi) is 5.80. The molecule has 0 saturated heterocycles. The molecule has 0 fully saturated rings. The van der Waals surface area contributed by atoms with Crippen molar-refractivity contribution in [2.75, 3.05) is 12.9 Å². The number of sulfone groups is 1. The molecule has 134 valence electrons.